The number of amides is 1. The van der Waals surface area contributed by atoms with Gasteiger partial charge in [0.1, 0.15) is 5.69 Å². The van der Waals surface area contributed by atoms with Gasteiger partial charge in [-0.05, 0) is 23.8 Å². The predicted octanol–water partition coefficient (Wildman–Crippen LogP) is 2.64. The molecule has 7 heteroatoms. The van der Waals surface area contributed by atoms with Crippen LogP contribution in [0.3, 0.4) is 0 Å². The van der Waals surface area contributed by atoms with Crippen molar-refractivity contribution < 1.29 is 9.72 Å². The van der Waals surface area contributed by atoms with Gasteiger partial charge in [0.2, 0.25) is 5.91 Å². The second-order valence-corrected chi connectivity index (χ2v) is 5.43. The van der Waals surface area contributed by atoms with E-state index in [1.54, 1.807) is 12.1 Å². The van der Waals surface area contributed by atoms with Crippen LogP contribution in [0.25, 0.3) is 0 Å². The van der Waals surface area contributed by atoms with Gasteiger partial charge in [-0.1, -0.05) is 15.9 Å². The largest absolute Gasteiger partial charge is 0.306 e. The summed E-state index contributed by atoms with van der Waals surface area (Å²) >= 11 is 7.37. The number of hydrogen-bond acceptors (Lipinski definition) is 4. The fraction of sp³-hybridized carbons (Fsp3) is 0.364. The molecule has 2 rings (SSSR count). The molecule has 18 heavy (non-hydrogen) atoms. The zero-order valence-electron chi connectivity index (χ0n) is 9.38. The van der Waals surface area contributed by atoms with Gasteiger partial charge in [0.25, 0.3) is 5.69 Å². The van der Waals surface area contributed by atoms with Gasteiger partial charge in [-0.2, -0.15) is 12.6 Å². The molecule has 0 radical (unpaired) electrons. The third kappa shape index (κ3) is 2.51. The van der Waals surface area contributed by atoms with E-state index in [1.807, 2.05) is 0 Å². The summed E-state index contributed by atoms with van der Waals surface area (Å²) in [4.78, 5) is 23.9. The van der Waals surface area contributed by atoms with Gasteiger partial charge in [-0.25, -0.2) is 0 Å². The molecular weight excluding hydrogens is 320 g/mol. The van der Waals surface area contributed by atoms with Gasteiger partial charge in [0.15, 0.2) is 0 Å². The second-order valence-electron chi connectivity index (χ2n) is 4.15. The molecule has 0 aliphatic carbocycles. The lowest BCUT2D eigenvalue weighted by Gasteiger charge is -2.16. The summed E-state index contributed by atoms with van der Waals surface area (Å²) in [5, 5.41) is 11.0. The fourth-order valence-corrected chi connectivity index (χ4v) is 2.60. The standard InChI is InChI=1S/C11H11BrN2O3S/c12-8-1-2-9(10(4-8)14(16)17)13-5-7(6-18)3-11(13)15/h1-2,4,7,18H,3,5-6H2. The maximum Gasteiger partial charge on any atom is 0.294 e. The average molecular weight is 331 g/mol. The van der Waals surface area contributed by atoms with E-state index in [0.717, 1.165) is 0 Å². The highest BCUT2D eigenvalue weighted by atomic mass is 79.9. The van der Waals surface area contributed by atoms with Gasteiger partial charge in [-0.3, -0.25) is 14.9 Å². The molecule has 1 unspecified atom stereocenters. The summed E-state index contributed by atoms with van der Waals surface area (Å²) in [6, 6.07) is 4.71. The highest BCUT2D eigenvalue weighted by molar-refractivity contribution is 9.10. The third-order valence-electron chi connectivity index (χ3n) is 2.89. The van der Waals surface area contributed by atoms with Crippen molar-refractivity contribution in [3.05, 3.63) is 32.8 Å². The molecule has 0 spiro atoms. The molecule has 1 amide bonds. The summed E-state index contributed by atoms with van der Waals surface area (Å²) in [6.07, 6.45) is 0.400. The van der Waals surface area contributed by atoms with Gasteiger partial charge in [-0.15, -0.1) is 0 Å². The van der Waals surface area contributed by atoms with Crippen molar-refractivity contribution in [2.45, 2.75) is 6.42 Å². The SMILES string of the molecule is O=C1CC(CS)CN1c1ccc(Br)cc1[N+](=O)[O-]. The normalized spacial score (nSPS) is 19.3. The van der Waals surface area contributed by atoms with Crippen molar-refractivity contribution in [3.8, 4) is 0 Å². The molecule has 1 aliphatic rings. The number of nitro benzene ring substituents is 1. The van der Waals surface area contributed by atoms with Crippen LogP contribution in [0.5, 0.6) is 0 Å². The van der Waals surface area contributed by atoms with Crippen molar-refractivity contribution in [3.63, 3.8) is 0 Å². The Morgan fingerprint density at radius 2 is 2.28 bits per heavy atom. The number of benzene rings is 1. The fourth-order valence-electron chi connectivity index (χ4n) is 2.01. The summed E-state index contributed by atoms with van der Waals surface area (Å²) < 4.78 is 0.621. The monoisotopic (exact) mass is 330 g/mol. The van der Waals surface area contributed by atoms with Gasteiger partial charge >= 0.3 is 0 Å². The molecule has 0 saturated carbocycles. The molecule has 96 valence electrons. The molecule has 1 aromatic rings. The molecule has 1 saturated heterocycles. The maximum atomic E-state index is 11.9. The third-order valence-corrected chi connectivity index (χ3v) is 3.90. The second kappa shape index (κ2) is 5.27. The van der Waals surface area contributed by atoms with Gasteiger partial charge in [0, 0.05) is 23.5 Å². The first-order valence-electron chi connectivity index (χ1n) is 5.38. The van der Waals surface area contributed by atoms with Gasteiger partial charge in [0.05, 0.1) is 4.92 Å². The minimum absolute atomic E-state index is 0.0578. The maximum absolute atomic E-state index is 11.9. The van der Waals surface area contributed by atoms with Crippen LogP contribution < -0.4 is 4.90 Å². The van der Waals surface area contributed by atoms with E-state index in [0.29, 0.717) is 28.9 Å². The number of carbonyl (C=O) groups is 1. The lowest BCUT2D eigenvalue weighted by atomic mass is 10.1. The Labute approximate surface area is 118 Å². The number of hydrogen-bond donors (Lipinski definition) is 1. The van der Waals surface area contributed by atoms with E-state index in [1.165, 1.54) is 11.0 Å². The molecule has 0 bridgehead atoms. The number of anilines is 1. The summed E-state index contributed by atoms with van der Waals surface area (Å²) in [7, 11) is 0. The van der Waals surface area contributed by atoms with E-state index in [-0.39, 0.29) is 17.5 Å². The molecule has 1 fully saturated rings. The van der Waals surface area contributed by atoms with Crippen molar-refractivity contribution in [1.29, 1.82) is 0 Å². The Morgan fingerprint density at radius 3 is 2.83 bits per heavy atom. The molecule has 1 aromatic carbocycles. The van der Waals surface area contributed by atoms with Crippen LogP contribution >= 0.6 is 28.6 Å². The molecule has 1 atom stereocenters. The summed E-state index contributed by atoms with van der Waals surface area (Å²) in [6.45, 7) is 0.491. The molecule has 0 aromatic heterocycles. The number of halogens is 1. The number of carbonyl (C=O) groups excluding carboxylic acids is 1. The Balaban J connectivity index is 2.39. The number of rotatable bonds is 3. The molecule has 5 nitrogen and oxygen atoms in total. The molecule has 1 aliphatic heterocycles. The number of thiol groups is 1. The first-order chi connectivity index (χ1) is 8.52. The zero-order valence-corrected chi connectivity index (χ0v) is 11.9. The topological polar surface area (TPSA) is 63.5 Å². The zero-order chi connectivity index (χ0) is 13.3. The van der Waals surface area contributed by atoms with Crippen LogP contribution in [0, 0.1) is 16.0 Å². The molecule has 0 N–H and O–H groups in total. The average Bonchev–Trinajstić information content (AvgIpc) is 2.70. The first-order valence-corrected chi connectivity index (χ1v) is 6.80. The van der Waals surface area contributed by atoms with Gasteiger partial charge < -0.3 is 4.90 Å². The quantitative estimate of drug-likeness (QED) is 0.526. The van der Waals surface area contributed by atoms with Crippen molar-refractivity contribution in [2.75, 3.05) is 17.2 Å². The summed E-state index contributed by atoms with van der Waals surface area (Å²) in [5.41, 5.74) is 0.301. The minimum Gasteiger partial charge on any atom is -0.306 e. The van der Waals surface area contributed by atoms with Crippen LogP contribution in [0.15, 0.2) is 22.7 Å². The Bertz CT molecular complexity index is 509. The molecular formula is C11H11BrN2O3S. The lowest BCUT2D eigenvalue weighted by Crippen LogP contribution is -2.25. The number of nitrogens with zero attached hydrogens (tertiary/aromatic N) is 2. The van der Waals surface area contributed by atoms with E-state index in [2.05, 4.69) is 28.6 Å². The van der Waals surface area contributed by atoms with Crippen LogP contribution in [0.4, 0.5) is 11.4 Å². The van der Waals surface area contributed by atoms with Crippen molar-refractivity contribution in [1.82, 2.24) is 0 Å². The van der Waals surface area contributed by atoms with Crippen LogP contribution in [0.2, 0.25) is 0 Å². The molecule has 1 heterocycles. The van der Waals surface area contributed by atoms with E-state index >= 15 is 0 Å². The van der Waals surface area contributed by atoms with E-state index < -0.39 is 4.92 Å². The predicted molar refractivity (Wildman–Crippen MR) is 75.1 cm³/mol. The first kappa shape index (κ1) is 13.4. The lowest BCUT2D eigenvalue weighted by molar-refractivity contribution is -0.384. The Morgan fingerprint density at radius 1 is 1.56 bits per heavy atom. The minimum atomic E-state index is -0.471. The van der Waals surface area contributed by atoms with Crippen LogP contribution in [-0.4, -0.2) is 23.1 Å². The van der Waals surface area contributed by atoms with Crippen LogP contribution in [-0.2, 0) is 4.79 Å². The number of nitro groups is 1. The highest BCUT2D eigenvalue weighted by Crippen LogP contribution is 2.35. The Hall–Kier alpha value is -1.08. The summed E-state index contributed by atoms with van der Waals surface area (Å²) in [5.74, 6) is 0.676. The Kier molecular flexibility index (Phi) is 3.91. The van der Waals surface area contributed by atoms with Crippen molar-refractivity contribution in [2.24, 2.45) is 5.92 Å². The van der Waals surface area contributed by atoms with E-state index in [4.69, 9.17) is 0 Å². The smallest absolute Gasteiger partial charge is 0.294 e. The van der Waals surface area contributed by atoms with Crippen molar-refractivity contribution >= 4 is 45.8 Å². The van der Waals surface area contributed by atoms with E-state index in [9.17, 15) is 14.9 Å². The highest BCUT2D eigenvalue weighted by Gasteiger charge is 2.33. The van der Waals surface area contributed by atoms with Crippen LogP contribution in [0.1, 0.15) is 6.42 Å².